The van der Waals surface area contributed by atoms with E-state index in [0.717, 1.165) is 133 Å². The summed E-state index contributed by atoms with van der Waals surface area (Å²) >= 11 is 3.64. The minimum atomic E-state index is 0.811. The molecule has 0 bridgehead atoms. The SMILES string of the molecule is Brc1ccc2c(c1)c1ccccc1n2-c1nc2ccccc2c2nc3ccccc3n12.c1ccc(-c2ccc(N(c3ccc(-c4ccccc4)cc3)c3ccc4c(c3)c3ccccc3n4-c3nc4ccccc4c4nc5ccccc5n34)cc2)cc1.c1ccc(-c2ccc(Nc3ccc(-c4ccccc4)cc3)cc2)cc1. The number of nitrogens with one attached hydrogen (secondary N) is 1. The molecule has 0 amide bonds. The molecule has 0 spiro atoms. The zero-order chi connectivity index (χ0) is 73.7. The Morgan fingerprint density at radius 3 is 0.928 bits per heavy atom. The largest absolute Gasteiger partial charge is 0.356 e. The topological polar surface area (TPSA) is 85.5 Å². The van der Waals surface area contributed by atoms with Gasteiger partial charge in [0.1, 0.15) is 11.3 Å². The minimum absolute atomic E-state index is 0.811. The van der Waals surface area contributed by atoms with Gasteiger partial charge in [-0.15, -0.1) is 0 Å². The summed E-state index contributed by atoms with van der Waals surface area (Å²) in [5, 5.41) is 10.2. The molecule has 1 N–H and O–H groups in total. The molecule has 11 heteroatoms. The van der Waals surface area contributed by atoms with Gasteiger partial charge in [0.2, 0.25) is 11.9 Å². The van der Waals surface area contributed by atoms with Gasteiger partial charge in [0.25, 0.3) is 0 Å². The third-order valence-corrected chi connectivity index (χ3v) is 21.4. The van der Waals surface area contributed by atoms with E-state index in [0.29, 0.717) is 0 Å². The number of hydrogen-bond donors (Lipinski definition) is 1. The van der Waals surface area contributed by atoms with Gasteiger partial charge in [-0.2, -0.15) is 0 Å². The molecule has 0 atom stereocenters. The molecule has 16 aromatic carbocycles. The summed E-state index contributed by atoms with van der Waals surface area (Å²) < 4.78 is 10.0. The van der Waals surface area contributed by atoms with Gasteiger partial charge in [0.15, 0.2) is 0 Å². The Bertz CT molecular complexity index is 7040. The summed E-state index contributed by atoms with van der Waals surface area (Å²) in [7, 11) is 0. The number of nitrogens with zero attached hydrogens (tertiary/aromatic N) is 9. The van der Waals surface area contributed by atoms with Crippen LogP contribution in [0.1, 0.15) is 0 Å². The van der Waals surface area contributed by atoms with Crippen molar-refractivity contribution < 1.29 is 0 Å². The molecule has 22 rings (SSSR count). The van der Waals surface area contributed by atoms with E-state index in [1.165, 1.54) is 55.3 Å². The summed E-state index contributed by atoms with van der Waals surface area (Å²) in [4.78, 5) is 23.0. The molecule has 0 aliphatic carbocycles. The highest BCUT2D eigenvalue weighted by Crippen LogP contribution is 2.43. The molecule has 0 aliphatic rings. The van der Waals surface area contributed by atoms with Crippen molar-refractivity contribution >= 4 is 143 Å². The molecule has 22 aromatic rings. The Morgan fingerprint density at radius 1 is 0.225 bits per heavy atom. The molecule has 524 valence electrons. The fourth-order valence-corrected chi connectivity index (χ4v) is 16.0. The first-order valence-corrected chi connectivity index (χ1v) is 38.0. The van der Waals surface area contributed by atoms with Crippen LogP contribution >= 0.6 is 15.9 Å². The second-order valence-electron chi connectivity index (χ2n) is 27.6. The third-order valence-electron chi connectivity index (χ3n) is 20.9. The van der Waals surface area contributed by atoms with Crippen LogP contribution in [-0.4, -0.2) is 37.9 Å². The van der Waals surface area contributed by atoms with E-state index in [1.807, 2.05) is 42.5 Å². The average molecular weight is 1490 g/mol. The van der Waals surface area contributed by atoms with Crippen LogP contribution in [0.3, 0.4) is 0 Å². The number of para-hydroxylation sites is 8. The normalized spacial score (nSPS) is 11.5. The maximum absolute atomic E-state index is 5.36. The summed E-state index contributed by atoms with van der Waals surface area (Å²) in [6.45, 7) is 0. The standard InChI is InChI=1S/C50H33N5.C26H15BrN4.C24H19N/c1-3-13-34(14-4-1)36-23-27-38(28-24-36)53(39-29-25-37(26-30-39)35-15-5-2-6-16-35)40-31-32-47-43(33-40)41-17-8-11-21-46(41)54(47)50-52-44-19-9-7-18-42(44)49-51-45-20-10-12-22-48(45)55(49)50;27-16-13-14-23-19(15-16)17-7-2-5-11-22(17)30(23)26-29-20-9-3-1-8-18(20)25-28-21-10-4-6-12-24(21)31(25)26;1-3-7-19(8-4-1)21-11-15-23(16-12-21)25-24-17-13-22(14-18-24)20-9-5-2-6-10-20/h1-33H;1-15H;1-18,25H. The number of aromatic nitrogens is 8. The zero-order valence-electron chi connectivity index (χ0n) is 60.0. The smallest absolute Gasteiger partial charge is 0.221 e. The predicted octanol–water partition coefficient (Wildman–Crippen LogP) is 26.6. The van der Waals surface area contributed by atoms with E-state index in [9.17, 15) is 0 Å². The third kappa shape index (κ3) is 12.2. The van der Waals surface area contributed by atoms with Gasteiger partial charge in [-0.25, -0.2) is 19.9 Å². The van der Waals surface area contributed by atoms with Crippen LogP contribution in [0.15, 0.2) is 405 Å². The van der Waals surface area contributed by atoms with Gasteiger partial charge in [0.05, 0.1) is 55.2 Å². The van der Waals surface area contributed by atoms with Gasteiger partial charge in [-0.3, -0.25) is 17.9 Å². The van der Waals surface area contributed by atoms with E-state index in [2.05, 4.69) is 402 Å². The monoisotopic (exact) mass is 1490 g/mol. The zero-order valence-corrected chi connectivity index (χ0v) is 61.6. The van der Waals surface area contributed by atoms with E-state index in [1.54, 1.807) is 0 Å². The van der Waals surface area contributed by atoms with Crippen LogP contribution < -0.4 is 10.2 Å². The minimum Gasteiger partial charge on any atom is -0.356 e. The first-order chi connectivity index (χ1) is 55.0. The lowest BCUT2D eigenvalue weighted by atomic mass is 10.0. The van der Waals surface area contributed by atoms with E-state index >= 15 is 0 Å². The van der Waals surface area contributed by atoms with Crippen molar-refractivity contribution in [3.8, 4) is 56.4 Å². The molecule has 0 saturated heterocycles. The van der Waals surface area contributed by atoms with Crippen molar-refractivity contribution in [1.29, 1.82) is 0 Å². The molecule has 6 aromatic heterocycles. The second-order valence-corrected chi connectivity index (χ2v) is 28.5. The highest BCUT2D eigenvalue weighted by Gasteiger charge is 2.24. The quantitative estimate of drug-likeness (QED) is 0.139. The lowest BCUT2D eigenvalue weighted by Crippen LogP contribution is -2.10. The van der Waals surface area contributed by atoms with Gasteiger partial charge < -0.3 is 10.2 Å². The van der Waals surface area contributed by atoms with Crippen molar-refractivity contribution in [3.63, 3.8) is 0 Å². The van der Waals surface area contributed by atoms with Crippen molar-refractivity contribution in [2.45, 2.75) is 0 Å². The Hall–Kier alpha value is -14.5. The maximum atomic E-state index is 5.36. The number of fused-ring (bicyclic) bond motifs is 16. The molecule has 0 saturated carbocycles. The Kier molecular flexibility index (Phi) is 16.8. The molecule has 0 fully saturated rings. The highest BCUT2D eigenvalue weighted by molar-refractivity contribution is 9.10. The van der Waals surface area contributed by atoms with Crippen LogP contribution in [0.25, 0.3) is 155 Å². The Labute approximate surface area is 648 Å². The first-order valence-electron chi connectivity index (χ1n) is 37.2. The summed E-state index contributed by atoms with van der Waals surface area (Å²) in [5.74, 6) is 1.65. The van der Waals surface area contributed by atoms with E-state index in [4.69, 9.17) is 19.9 Å². The fraction of sp³-hybridized carbons (Fsp3) is 0. The Morgan fingerprint density at radius 2 is 0.523 bits per heavy atom. The lowest BCUT2D eigenvalue weighted by Gasteiger charge is -2.26. The molecule has 10 nitrogen and oxygen atoms in total. The maximum Gasteiger partial charge on any atom is 0.221 e. The first kappa shape index (κ1) is 66.0. The molecular weight excluding hydrogens is 1420 g/mol. The Balaban J connectivity index is 0.000000121. The molecular formula is C100H67BrN10. The van der Waals surface area contributed by atoms with Gasteiger partial charge in [0, 0.05) is 65.2 Å². The molecule has 111 heavy (non-hydrogen) atoms. The molecule has 0 unspecified atom stereocenters. The van der Waals surface area contributed by atoms with Crippen molar-refractivity contribution in [2.24, 2.45) is 0 Å². The number of benzene rings is 16. The van der Waals surface area contributed by atoms with Crippen LogP contribution in [0.2, 0.25) is 0 Å². The van der Waals surface area contributed by atoms with Crippen molar-refractivity contribution in [1.82, 2.24) is 37.9 Å². The summed E-state index contributed by atoms with van der Waals surface area (Å²) in [6, 6.07) is 140. The molecule has 0 aliphatic heterocycles. The summed E-state index contributed by atoms with van der Waals surface area (Å²) in [5.41, 5.74) is 27.1. The number of anilines is 5. The van der Waals surface area contributed by atoms with Crippen molar-refractivity contribution in [3.05, 3.63) is 405 Å². The second kappa shape index (κ2) is 28.3. The van der Waals surface area contributed by atoms with Crippen LogP contribution in [0.4, 0.5) is 28.4 Å². The number of halogens is 1. The molecule has 0 radical (unpaired) electrons. The number of imidazole rings is 2. The van der Waals surface area contributed by atoms with E-state index in [-0.39, 0.29) is 0 Å². The van der Waals surface area contributed by atoms with Crippen LogP contribution in [0.5, 0.6) is 0 Å². The van der Waals surface area contributed by atoms with E-state index < -0.39 is 0 Å². The fourth-order valence-electron chi connectivity index (χ4n) is 15.7. The van der Waals surface area contributed by atoms with Crippen LogP contribution in [0, 0.1) is 0 Å². The summed E-state index contributed by atoms with van der Waals surface area (Å²) in [6.07, 6.45) is 0. The number of hydrogen-bond acceptors (Lipinski definition) is 6. The van der Waals surface area contributed by atoms with Crippen LogP contribution in [-0.2, 0) is 0 Å². The highest BCUT2D eigenvalue weighted by atomic mass is 79.9. The predicted molar refractivity (Wildman–Crippen MR) is 465 cm³/mol. The lowest BCUT2D eigenvalue weighted by molar-refractivity contribution is 0.979. The van der Waals surface area contributed by atoms with Crippen molar-refractivity contribution in [2.75, 3.05) is 10.2 Å². The average Bonchev–Trinajstić information content (AvgIpc) is 1.57. The molecule has 6 heterocycles. The van der Waals surface area contributed by atoms with Gasteiger partial charge in [-0.1, -0.05) is 271 Å². The number of rotatable bonds is 11. The van der Waals surface area contributed by atoms with Gasteiger partial charge in [-0.05, 0) is 190 Å². The van der Waals surface area contributed by atoms with Gasteiger partial charge >= 0.3 is 0 Å².